The van der Waals surface area contributed by atoms with Crippen LogP contribution in [0.25, 0.3) is 0 Å². The molecule has 0 saturated carbocycles. The van der Waals surface area contributed by atoms with Crippen molar-refractivity contribution in [3.8, 4) is 5.75 Å². The number of benzene rings is 2. The predicted octanol–water partition coefficient (Wildman–Crippen LogP) is 4.71. The van der Waals surface area contributed by atoms with Crippen molar-refractivity contribution in [3.63, 3.8) is 0 Å². The van der Waals surface area contributed by atoms with E-state index in [-0.39, 0.29) is 0 Å². The summed E-state index contributed by atoms with van der Waals surface area (Å²) in [6.07, 6.45) is 1.71. The second kappa shape index (κ2) is 8.10. The Bertz CT molecular complexity index is 572. The molecule has 0 amide bonds. The molecule has 20 heavy (non-hydrogen) atoms. The van der Waals surface area contributed by atoms with Crippen LogP contribution in [-0.4, -0.2) is 11.3 Å². The first kappa shape index (κ1) is 16.8. The topological polar surface area (TPSA) is 32.6 Å². The Morgan fingerprint density at radius 3 is 2.30 bits per heavy atom. The minimum absolute atomic E-state index is 0.298. The third-order valence-electron chi connectivity index (χ3n) is 3.19. The van der Waals surface area contributed by atoms with E-state index in [9.17, 15) is 5.11 Å². The van der Waals surface area contributed by atoms with Crippen LogP contribution < -0.4 is 0 Å². The molecule has 0 fully saturated rings. The van der Waals surface area contributed by atoms with Crippen LogP contribution in [0.4, 0.5) is 5.69 Å². The zero-order valence-electron chi connectivity index (χ0n) is 11.8. The van der Waals surface area contributed by atoms with E-state index < -0.39 is 0 Å². The van der Waals surface area contributed by atoms with Crippen LogP contribution in [0.3, 0.4) is 0 Å². The van der Waals surface area contributed by atoms with Gasteiger partial charge in [-0.15, -0.1) is 0 Å². The molecule has 2 aromatic rings. The van der Waals surface area contributed by atoms with E-state index in [0.29, 0.717) is 5.75 Å². The minimum atomic E-state index is 0.298. The average Bonchev–Trinajstić information content (AvgIpc) is 2.47. The van der Waals surface area contributed by atoms with Crippen molar-refractivity contribution < 1.29 is 20.8 Å². The molecule has 0 aromatic heterocycles. The number of para-hydroxylation sites is 1. The Morgan fingerprint density at radius 1 is 1.00 bits per heavy atom. The summed E-state index contributed by atoms with van der Waals surface area (Å²) in [6, 6.07) is 11.7. The summed E-state index contributed by atoms with van der Waals surface area (Å²) >= 11 is 1.90. The van der Waals surface area contributed by atoms with E-state index in [4.69, 9.17) is 0 Å². The second-order valence-corrected chi connectivity index (χ2v) is 4.49. The van der Waals surface area contributed by atoms with Gasteiger partial charge < -0.3 is 5.11 Å². The zero-order valence-corrected chi connectivity index (χ0v) is 14.0. The first-order valence-corrected chi connectivity index (χ1v) is 8.24. The van der Waals surface area contributed by atoms with Gasteiger partial charge in [-0.3, -0.25) is 4.99 Å². The molecule has 2 nitrogen and oxygen atoms in total. The molecule has 0 saturated heterocycles. The van der Waals surface area contributed by atoms with E-state index in [1.165, 1.54) is 11.1 Å². The van der Waals surface area contributed by atoms with E-state index in [0.717, 1.165) is 16.8 Å². The van der Waals surface area contributed by atoms with E-state index in [2.05, 4.69) is 35.2 Å². The molecule has 0 aliphatic carbocycles. The fourth-order valence-electron chi connectivity index (χ4n) is 1.80. The van der Waals surface area contributed by atoms with Crippen LogP contribution in [0.2, 0.25) is 0 Å². The quantitative estimate of drug-likeness (QED) is 0.812. The number of rotatable bonds is 2. The monoisotopic (exact) mass is 322 g/mol. The molecule has 0 spiro atoms. The van der Waals surface area contributed by atoms with Gasteiger partial charge in [-0.1, -0.05) is 24.3 Å². The van der Waals surface area contributed by atoms with E-state index in [1.54, 1.807) is 6.21 Å². The van der Waals surface area contributed by atoms with Crippen LogP contribution in [0.1, 0.15) is 22.3 Å². The van der Waals surface area contributed by atoms with Gasteiger partial charge in [-0.25, -0.2) is 0 Å². The Kier molecular flexibility index (Phi) is 6.79. The Morgan fingerprint density at radius 2 is 1.60 bits per heavy atom. The molecule has 2 rings (SSSR count). The van der Waals surface area contributed by atoms with Crippen LogP contribution in [-0.2, 0) is 15.7 Å². The summed E-state index contributed by atoms with van der Waals surface area (Å²) in [5.74, 6) is 0.298. The van der Waals surface area contributed by atoms with Crippen molar-refractivity contribution in [1.29, 1.82) is 0 Å². The van der Waals surface area contributed by atoms with Crippen molar-refractivity contribution in [3.05, 3.63) is 58.7 Å². The first-order chi connectivity index (χ1) is 9.59. The molecule has 103 valence electrons. The van der Waals surface area contributed by atoms with E-state index in [1.807, 2.05) is 53.0 Å². The van der Waals surface area contributed by atoms with Crippen molar-refractivity contribution >= 4 is 22.2 Å². The summed E-state index contributed by atoms with van der Waals surface area (Å²) in [7, 11) is 4.02. The van der Waals surface area contributed by atoms with Gasteiger partial charge in [0.05, 0.1) is 5.69 Å². The number of phenols is 1. The van der Waals surface area contributed by atoms with Gasteiger partial charge in [0, 0.05) is 11.8 Å². The number of aromatic hydroxyl groups is 1. The van der Waals surface area contributed by atoms with Gasteiger partial charge in [-0.05, 0) is 49.6 Å². The summed E-state index contributed by atoms with van der Waals surface area (Å²) in [6.45, 7) is 6.00. The molecule has 0 bridgehead atoms. The number of aryl methyl sites for hydroxylation is 2. The third kappa shape index (κ3) is 4.10. The van der Waals surface area contributed by atoms with Crippen LogP contribution >= 0.6 is 10.3 Å². The van der Waals surface area contributed by atoms with Crippen LogP contribution in [0, 0.1) is 20.8 Å². The fraction of sp³-hybridized carbons (Fsp3) is 0.188. The number of nitrogens with zero attached hydrogens (tertiary/aromatic N) is 1. The summed E-state index contributed by atoms with van der Waals surface area (Å²) in [5.41, 5.74) is 4.94. The van der Waals surface area contributed by atoms with Gasteiger partial charge in [0.1, 0.15) is 5.75 Å². The molecule has 1 N–H and O–H groups in total. The van der Waals surface area contributed by atoms with Gasteiger partial charge in [0.15, 0.2) is 0 Å². The van der Waals surface area contributed by atoms with Crippen LogP contribution in [0.15, 0.2) is 41.4 Å². The number of phenolic OH excluding ortho intramolecular Hbond substituents is 1. The molecule has 0 aliphatic heterocycles. The molecule has 4 heteroatoms. The van der Waals surface area contributed by atoms with E-state index >= 15 is 0 Å². The third-order valence-corrected chi connectivity index (χ3v) is 3.19. The van der Waals surface area contributed by atoms with Gasteiger partial charge in [0.25, 0.3) is 0 Å². The normalized spacial score (nSPS) is 10.1. The number of aliphatic imine (C=N–C) groups is 1. The first-order valence-electron chi connectivity index (χ1n) is 6.16. The maximum atomic E-state index is 9.91. The Balaban J connectivity index is 0.000000956. The second-order valence-electron chi connectivity index (χ2n) is 4.49. The summed E-state index contributed by atoms with van der Waals surface area (Å²) in [5, 5.41) is 9.91. The summed E-state index contributed by atoms with van der Waals surface area (Å²) < 4.78 is 0. The Hall–Kier alpha value is -1.29. The number of hydrogen-bond acceptors (Lipinski definition) is 3. The Labute approximate surface area is 133 Å². The standard InChI is InChI=1S/C16H17NO.S.V/c1-11-6-5-9-15(13(11)3)17-10-14-8-4-7-12(2)16(14)18;;/h4-10,18H,1-3H3;;. The predicted molar refractivity (Wildman–Crippen MR) is 83.6 cm³/mol. The van der Waals surface area contributed by atoms with Crippen LogP contribution in [0.5, 0.6) is 5.75 Å². The van der Waals surface area contributed by atoms with Crippen molar-refractivity contribution in [1.82, 2.24) is 0 Å². The summed E-state index contributed by atoms with van der Waals surface area (Å²) in [4.78, 5) is 4.45. The average molecular weight is 322 g/mol. The van der Waals surface area contributed by atoms with Crippen molar-refractivity contribution in [2.24, 2.45) is 4.99 Å². The molecular formula is C16H17NOSV. The number of hydrogen-bond donors (Lipinski definition) is 1. The van der Waals surface area contributed by atoms with Crippen molar-refractivity contribution in [2.45, 2.75) is 20.8 Å². The molecule has 0 aliphatic rings. The molecule has 0 radical (unpaired) electrons. The van der Waals surface area contributed by atoms with Gasteiger partial charge >= 0.3 is 26.0 Å². The SMILES string of the molecule is Cc1cccc(N=Cc2cccc(C)c2O)c1C.[S]=[V]. The maximum absolute atomic E-state index is 9.91. The van der Waals surface area contributed by atoms with Gasteiger partial charge in [0.2, 0.25) is 0 Å². The molecule has 0 unspecified atom stereocenters. The molecule has 0 atom stereocenters. The van der Waals surface area contributed by atoms with Crippen molar-refractivity contribution in [2.75, 3.05) is 0 Å². The fourth-order valence-corrected chi connectivity index (χ4v) is 1.80. The molecule has 0 heterocycles. The molecular weight excluding hydrogens is 305 g/mol. The van der Waals surface area contributed by atoms with Gasteiger partial charge in [-0.2, -0.15) is 0 Å². The zero-order chi connectivity index (χ0) is 15.1. The molecule has 2 aromatic carbocycles.